The van der Waals surface area contributed by atoms with Crippen molar-refractivity contribution < 1.29 is 20.1 Å². The van der Waals surface area contributed by atoms with Crippen LogP contribution in [-0.4, -0.2) is 46.1 Å². The van der Waals surface area contributed by atoms with Crippen LogP contribution in [0.2, 0.25) is 0 Å². The van der Waals surface area contributed by atoms with Crippen molar-refractivity contribution in [2.24, 2.45) is 0 Å². The summed E-state index contributed by atoms with van der Waals surface area (Å²) in [4.78, 5) is 12.5. The Hall–Kier alpha value is -1.17. The second kappa shape index (κ2) is 58.4. The van der Waals surface area contributed by atoms with Crippen molar-refractivity contribution in [1.82, 2.24) is 5.32 Å². The van der Waals surface area contributed by atoms with E-state index in [1.165, 1.54) is 283 Å². The Bertz CT molecular complexity index is 1010. The van der Waals surface area contributed by atoms with Crippen LogP contribution in [0.3, 0.4) is 0 Å². The van der Waals surface area contributed by atoms with Gasteiger partial charge in [0.15, 0.2) is 0 Å². The highest BCUT2D eigenvalue weighted by molar-refractivity contribution is 5.76. The molecule has 3 unspecified atom stereocenters. The molecule has 68 heavy (non-hydrogen) atoms. The maximum Gasteiger partial charge on any atom is 0.220 e. The van der Waals surface area contributed by atoms with E-state index in [-0.39, 0.29) is 12.5 Å². The van der Waals surface area contributed by atoms with Crippen molar-refractivity contribution in [3.05, 3.63) is 24.3 Å². The van der Waals surface area contributed by atoms with Crippen LogP contribution >= 0.6 is 0 Å². The van der Waals surface area contributed by atoms with Crippen molar-refractivity contribution >= 4 is 5.91 Å². The summed E-state index contributed by atoms with van der Waals surface area (Å²) in [5.41, 5.74) is 0. The molecule has 0 aliphatic carbocycles. The normalized spacial score (nSPS) is 13.3. The van der Waals surface area contributed by atoms with Crippen molar-refractivity contribution in [2.45, 2.75) is 366 Å². The molecular formula is C63H123NO4. The number of rotatable bonds is 58. The Morgan fingerprint density at radius 2 is 0.588 bits per heavy atom. The molecule has 0 spiro atoms. The zero-order valence-corrected chi connectivity index (χ0v) is 46.3. The highest BCUT2D eigenvalue weighted by atomic mass is 16.3. The second-order valence-electron chi connectivity index (χ2n) is 21.6. The third-order valence-corrected chi connectivity index (χ3v) is 14.8. The second-order valence-corrected chi connectivity index (χ2v) is 21.6. The van der Waals surface area contributed by atoms with Gasteiger partial charge in [-0.15, -0.1) is 0 Å². The Morgan fingerprint density at radius 1 is 0.353 bits per heavy atom. The van der Waals surface area contributed by atoms with Gasteiger partial charge in [0.1, 0.15) is 6.10 Å². The van der Waals surface area contributed by atoms with E-state index in [1.807, 2.05) is 0 Å². The molecule has 0 aromatic carbocycles. The van der Waals surface area contributed by atoms with Gasteiger partial charge in [-0.25, -0.2) is 0 Å². The van der Waals surface area contributed by atoms with Crippen molar-refractivity contribution in [3.63, 3.8) is 0 Å². The highest BCUT2D eigenvalue weighted by Crippen LogP contribution is 2.18. The molecule has 5 heteroatoms. The Labute approximate surface area is 426 Å². The van der Waals surface area contributed by atoms with Crippen LogP contribution in [0.15, 0.2) is 24.3 Å². The van der Waals surface area contributed by atoms with Gasteiger partial charge in [0, 0.05) is 6.42 Å². The maximum atomic E-state index is 12.5. The third-order valence-electron chi connectivity index (χ3n) is 14.8. The van der Waals surface area contributed by atoms with Gasteiger partial charge in [-0.3, -0.25) is 4.79 Å². The molecular weight excluding hydrogens is 835 g/mol. The fraction of sp³-hybridized carbons (Fsp3) is 0.921. The minimum absolute atomic E-state index is 0.148. The average Bonchev–Trinajstić information content (AvgIpc) is 3.34. The van der Waals surface area contributed by atoms with Gasteiger partial charge >= 0.3 is 0 Å². The summed E-state index contributed by atoms with van der Waals surface area (Å²) in [7, 11) is 0. The number of carbonyl (C=O) groups excluding carboxylic acids is 1. The first-order valence-corrected chi connectivity index (χ1v) is 31.1. The van der Waals surface area contributed by atoms with Crippen LogP contribution in [0, 0.1) is 0 Å². The molecule has 0 aliphatic rings. The van der Waals surface area contributed by atoms with Crippen LogP contribution < -0.4 is 5.32 Å². The van der Waals surface area contributed by atoms with Gasteiger partial charge in [-0.05, 0) is 64.2 Å². The van der Waals surface area contributed by atoms with E-state index >= 15 is 0 Å². The lowest BCUT2D eigenvalue weighted by molar-refractivity contribution is -0.124. The molecule has 0 radical (unpaired) electrons. The number of hydrogen-bond donors (Lipinski definition) is 4. The highest BCUT2D eigenvalue weighted by Gasteiger charge is 2.26. The average molecular weight is 959 g/mol. The fourth-order valence-electron chi connectivity index (χ4n) is 9.99. The molecule has 4 N–H and O–H groups in total. The van der Waals surface area contributed by atoms with Crippen molar-refractivity contribution in [1.29, 1.82) is 0 Å². The van der Waals surface area contributed by atoms with E-state index in [0.717, 1.165) is 38.5 Å². The van der Waals surface area contributed by atoms with E-state index < -0.39 is 18.2 Å². The van der Waals surface area contributed by atoms with E-state index in [2.05, 4.69) is 43.5 Å². The molecule has 0 aliphatic heterocycles. The molecule has 1 amide bonds. The molecule has 0 saturated carbocycles. The van der Waals surface area contributed by atoms with Gasteiger partial charge in [-0.2, -0.15) is 0 Å². The van der Waals surface area contributed by atoms with Gasteiger partial charge in [0.2, 0.25) is 5.91 Å². The van der Waals surface area contributed by atoms with Gasteiger partial charge < -0.3 is 20.6 Å². The predicted molar refractivity (Wildman–Crippen MR) is 301 cm³/mol. The summed E-state index contributed by atoms with van der Waals surface area (Å²) in [6, 6.07) is -0.824. The first-order valence-electron chi connectivity index (χ1n) is 31.1. The molecule has 0 heterocycles. The van der Waals surface area contributed by atoms with Crippen LogP contribution in [0.5, 0.6) is 0 Å². The quantitative estimate of drug-likeness (QED) is 0.0361. The molecule has 5 nitrogen and oxygen atoms in total. The molecule has 0 saturated heterocycles. The predicted octanol–water partition coefficient (Wildman–Crippen LogP) is 19.6. The lowest BCUT2D eigenvalue weighted by atomic mass is 10.0. The summed E-state index contributed by atoms with van der Waals surface area (Å²) >= 11 is 0. The SMILES string of the molecule is CCCCCCCCCCCCCC/C=C/CCCC(O)C(O)C(CO)NC(=O)CCCCCCCCCCCCCCCCCCC/C=C\CCCCCCCCCCCCCCCCCC. The molecule has 0 bridgehead atoms. The maximum absolute atomic E-state index is 12.5. The monoisotopic (exact) mass is 958 g/mol. The van der Waals surface area contributed by atoms with Crippen LogP contribution in [0.1, 0.15) is 348 Å². The number of unbranched alkanes of at least 4 members (excludes halogenated alkanes) is 46. The van der Waals surface area contributed by atoms with Crippen LogP contribution in [0.25, 0.3) is 0 Å². The number of carbonyl (C=O) groups is 1. The first kappa shape index (κ1) is 66.8. The minimum atomic E-state index is -1.16. The molecule has 0 aromatic heterocycles. The number of allylic oxidation sites excluding steroid dienone is 4. The number of nitrogens with one attached hydrogen (secondary N) is 1. The van der Waals surface area contributed by atoms with Crippen molar-refractivity contribution in [2.75, 3.05) is 6.61 Å². The standard InChI is InChI=1S/C63H123NO4/c1-3-5-7-9-11-13-15-17-19-21-22-23-24-25-26-27-28-29-30-31-32-33-34-35-36-37-38-39-40-42-44-46-48-50-52-54-56-58-62(67)64-60(59-65)63(68)61(66)57-55-53-51-49-47-45-43-41-20-18-16-14-12-10-8-6-4-2/h29-30,49,51,60-61,63,65-66,68H,3-28,31-48,50,52-59H2,1-2H3,(H,64,67)/b30-29-,51-49+. The summed E-state index contributed by atoms with van der Waals surface area (Å²) in [6.45, 7) is 4.21. The third kappa shape index (κ3) is 52.6. The van der Waals surface area contributed by atoms with Gasteiger partial charge in [-0.1, -0.05) is 301 Å². The Balaban J connectivity index is 3.46. The van der Waals surface area contributed by atoms with Gasteiger partial charge in [0.05, 0.1) is 18.8 Å². The zero-order chi connectivity index (χ0) is 49.3. The number of hydrogen-bond acceptors (Lipinski definition) is 4. The molecule has 3 atom stereocenters. The lowest BCUT2D eigenvalue weighted by Gasteiger charge is -2.26. The van der Waals surface area contributed by atoms with Crippen molar-refractivity contribution in [3.8, 4) is 0 Å². The summed E-state index contributed by atoms with van der Waals surface area (Å²) in [5.74, 6) is -0.148. The van der Waals surface area contributed by atoms with E-state index in [9.17, 15) is 20.1 Å². The van der Waals surface area contributed by atoms with Crippen LogP contribution in [0.4, 0.5) is 0 Å². The lowest BCUT2D eigenvalue weighted by Crippen LogP contribution is -2.50. The Kier molecular flexibility index (Phi) is 57.4. The number of aliphatic hydroxyl groups excluding tert-OH is 3. The van der Waals surface area contributed by atoms with Crippen LogP contribution in [-0.2, 0) is 4.79 Å². The zero-order valence-electron chi connectivity index (χ0n) is 46.3. The summed E-state index contributed by atoms with van der Waals surface area (Å²) in [6.07, 6.45) is 75.2. The molecule has 404 valence electrons. The summed E-state index contributed by atoms with van der Waals surface area (Å²) < 4.78 is 0. The van der Waals surface area contributed by atoms with E-state index in [0.29, 0.717) is 12.8 Å². The van der Waals surface area contributed by atoms with E-state index in [4.69, 9.17) is 0 Å². The molecule has 0 fully saturated rings. The smallest absolute Gasteiger partial charge is 0.220 e. The topological polar surface area (TPSA) is 89.8 Å². The summed E-state index contributed by atoms with van der Waals surface area (Å²) in [5, 5.41) is 33.7. The first-order chi connectivity index (χ1) is 33.6. The molecule has 0 aromatic rings. The largest absolute Gasteiger partial charge is 0.394 e. The molecule has 0 rings (SSSR count). The van der Waals surface area contributed by atoms with E-state index in [1.54, 1.807) is 0 Å². The van der Waals surface area contributed by atoms with Gasteiger partial charge in [0.25, 0.3) is 0 Å². The number of amides is 1. The fourth-order valence-corrected chi connectivity index (χ4v) is 9.99. The number of aliphatic hydroxyl groups is 3. The minimum Gasteiger partial charge on any atom is -0.394 e. The Morgan fingerprint density at radius 3 is 0.853 bits per heavy atom.